The maximum Gasteiger partial charge on any atom is 0.221 e. The summed E-state index contributed by atoms with van der Waals surface area (Å²) in [6.45, 7) is 5.52. The van der Waals surface area contributed by atoms with E-state index in [0.29, 0.717) is 24.8 Å². The molecule has 0 radical (unpaired) electrons. The third kappa shape index (κ3) is 4.25. The van der Waals surface area contributed by atoms with Crippen molar-refractivity contribution in [2.45, 2.75) is 39.0 Å². The monoisotopic (exact) mass is 268 g/mol. The van der Waals surface area contributed by atoms with Gasteiger partial charge in [-0.25, -0.2) is 4.98 Å². The first-order valence-electron chi connectivity index (χ1n) is 6.49. The number of anilines is 1. The molecule has 1 aromatic heterocycles. The predicted molar refractivity (Wildman–Crippen MR) is 72.8 cm³/mol. The number of nitrogens with zero attached hydrogens (tertiary/aromatic N) is 2. The number of hydrogen-bond acceptors (Lipinski definition) is 5. The Hall–Kier alpha value is -1.17. The lowest BCUT2D eigenvalue weighted by molar-refractivity contribution is -0.120. The highest BCUT2D eigenvalue weighted by Gasteiger charge is 2.27. The number of aromatic nitrogens is 2. The molecule has 0 atom stereocenters. The number of rotatable bonds is 7. The van der Waals surface area contributed by atoms with Crippen LogP contribution in [0.25, 0.3) is 0 Å². The Morgan fingerprint density at radius 3 is 2.94 bits per heavy atom. The average molecular weight is 268 g/mol. The molecule has 1 aliphatic rings. The van der Waals surface area contributed by atoms with Gasteiger partial charge in [0.1, 0.15) is 5.82 Å². The van der Waals surface area contributed by atoms with Crippen LogP contribution in [0, 0.1) is 5.92 Å². The fourth-order valence-electron chi connectivity index (χ4n) is 1.50. The number of carbonyl (C=O) groups is 1. The van der Waals surface area contributed by atoms with E-state index in [1.165, 1.54) is 24.4 Å². The van der Waals surface area contributed by atoms with Crippen molar-refractivity contribution in [2.75, 3.05) is 18.4 Å². The minimum Gasteiger partial charge on any atom is -0.360 e. The Balaban J connectivity index is 1.63. The van der Waals surface area contributed by atoms with Gasteiger partial charge in [0.15, 0.2) is 0 Å². The number of hydrogen-bond donors (Lipinski definition) is 2. The van der Waals surface area contributed by atoms with Crippen molar-refractivity contribution in [1.29, 1.82) is 0 Å². The van der Waals surface area contributed by atoms with E-state index in [1.807, 2.05) is 0 Å². The molecular formula is C12H20N4OS. The summed E-state index contributed by atoms with van der Waals surface area (Å²) in [4.78, 5) is 15.9. The zero-order valence-corrected chi connectivity index (χ0v) is 11.7. The minimum atomic E-state index is 0.0862. The normalized spacial score (nSPS) is 14.8. The molecule has 100 valence electrons. The van der Waals surface area contributed by atoms with Gasteiger partial charge in [-0.3, -0.25) is 4.79 Å². The molecule has 1 heterocycles. The van der Waals surface area contributed by atoms with Crippen molar-refractivity contribution in [1.82, 2.24) is 14.7 Å². The predicted octanol–water partition coefficient (Wildman–Crippen LogP) is 1.99. The quantitative estimate of drug-likeness (QED) is 0.793. The molecule has 0 saturated heterocycles. The third-order valence-electron chi connectivity index (χ3n) is 2.72. The van der Waals surface area contributed by atoms with Crippen molar-refractivity contribution in [3.63, 3.8) is 0 Å². The summed E-state index contributed by atoms with van der Waals surface area (Å²) >= 11 is 1.38. The van der Waals surface area contributed by atoms with Crippen LogP contribution in [0.2, 0.25) is 0 Å². The lowest BCUT2D eigenvalue weighted by atomic mass is 10.2. The second kappa shape index (κ2) is 6.13. The van der Waals surface area contributed by atoms with Crippen molar-refractivity contribution in [2.24, 2.45) is 5.92 Å². The van der Waals surface area contributed by atoms with Crippen LogP contribution in [0.15, 0.2) is 0 Å². The molecule has 0 aliphatic heterocycles. The van der Waals surface area contributed by atoms with Gasteiger partial charge >= 0.3 is 0 Å². The van der Waals surface area contributed by atoms with Gasteiger partial charge in [-0.05, 0) is 18.8 Å². The second-order valence-corrected chi connectivity index (χ2v) is 5.86. The molecule has 0 spiro atoms. The van der Waals surface area contributed by atoms with E-state index in [1.54, 1.807) is 0 Å². The first-order valence-corrected chi connectivity index (χ1v) is 7.26. The molecule has 2 N–H and O–H groups in total. The fraction of sp³-hybridized carbons (Fsp3) is 0.750. The highest BCUT2D eigenvalue weighted by Crippen LogP contribution is 2.39. The number of carbonyl (C=O) groups excluding carboxylic acids is 1. The summed E-state index contributed by atoms with van der Waals surface area (Å²) in [6, 6.07) is 0. The molecule has 1 aliphatic carbocycles. The Kier molecular flexibility index (Phi) is 4.52. The SMILES string of the molecule is CC(C)CNC(=O)CCNc1nc(C2CC2)ns1. The second-order valence-electron chi connectivity index (χ2n) is 5.11. The topological polar surface area (TPSA) is 66.9 Å². The van der Waals surface area contributed by atoms with Crippen LogP contribution in [0.5, 0.6) is 0 Å². The lowest BCUT2D eigenvalue weighted by Gasteiger charge is -2.07. The maximum atomic E-state index is 11.5. The molecule has 1 amide bonds. The summed E-state index contributed by atoms with van der Waals surface area (Å²) in [5, 5.41) is 6.87. The number of amides is 1. The van der Waals surface area contributed by atoms with E-state index >= 15 is 0 Å². The molecule has 1 aromatic rings. The average Bonchev–Trinajstić information content (AvgIpc) is 3.07. The Bertz CT molecular complexity index is 401. The van der Waals surface area contributed by atoms with Gasteiger partial charge in [-0.15, -0.1) is 0 Å². The van der Waals surface area contributed by atoms with E-state index in [9.17, 15) is 4.79 Å². The van der Waals surface area contributed by atoms with Crippen molar-refractivity contribution < 1.29 is 4.79 Å². The molecular weight excluding hydrogens is 248 g/mol. The van der Waals surface area contributed by atoms with Gasteiger partial charge in [-0.1, -0.05) is 13.8 Å². The van der Waals surface area contributed by atoms with Gasteiger partial charge in [0, 0.05) is 37.0 Å². The van der Waals surface area contributed by atoms with E-state index in [0.717, 1.165) is 17.5 Å². The molecule has 2 rings (SSSR count). The van der Waals surface area contributed by atoms with Gasteiger partial charge in [0.25, 0.3) is 0 Å². The minimum absolute atomic E-state index is 0.0862. The van der Waals surface area contributed by atoms with Gasteiger partial charge < -0.3 is 10.6 Å². The molecule has 0 unspecified atom stereocenters. The molecule has 1 fully saturated rings. The lowest BCUT2D eigenvalue weighted by Crippen LogP contribution is -2.28. The van der Waals surface area contributed by atoms with Gasteiger partial charge in [-0.2, -0.15) is 4.37 Å². The summed E-state index contributed by atoms with van der Waals surface area (Å²) in [6.07, 6.45) is 2.91. The fourth-order valence-corrected chi connectivity index (χ4v) is 2.17. The van der Waals surface area contributed by atoms with Crippen LogP contribution in [-0.4, -0.2) is 28.4 Å². The standard InChI is InChI=1S/C12H20N4OS/c1-8(2)7-14-10(17)5-6-13-12-15-11(16-18-12)9-3-4-9/h8-9H,3-7H2,1-2H3,(H,14,17)(H,13,15,16). The smallest absolute Gasteiger partial charge is 0.221 e. The maximum absolute atomic E-state index is 11.5. The highest BCUT2D eigenvalue weighted by atomic mass is 32.1. The largest absolute Gasteiger partial charge is 0.360 e. The third-order valence-corrected chi connectivity index (χ3v) is 3.41. The highest BCUT2D eigenvalue weighted by molar-refractivity contribution is 7.09. The summed E-state index contributed by atoms with van der Waals surface area (Å²) in [5.41, 5.74) is 0. The Labute approximate surface area is 112 Å². The first kappa shape index (κ1) is 13.3. The zero-order chi connectivity index (χ0) is 13.0. The van der Waals surface area contributed by atoms with Crippen LogP contribution < -0.4 is 10.6 Å². The van der Waals surface area contributed by atoms with Crippen LogP contribution in [0.1, 0.15) is 44.9 Å². The van der Waals surface area contributed by atoms with Crippen molar-refractivity contribution >= 4 is 22.6 Å². The molecule has 5 nitrogen and oxygen atoms in total. The van der Waals surface area contributed by atoms with E-state index < -0.39 is 0 Å². The zero-order valence-electron chi connectivity index (χ0n) is 10.9. The molecule has 0 bridgehead atoms. The number of nitrogens with one attached hydrogen (secondary N) is 2. The molecule has 1 saturated carbocycles. The van der Waals surface area contributed by atoms with Crippen molar-refractivity contribution in [3.8, 4) is 0 Å². The van der Waals surface area contributed by atoms with Crippen molar-refractivity contribution in [3.05, 3.63) is 5.82 Å². The van der Waals surface area contributed by atoms with Crippen LogP contribution in [0.3, 0.4) is 0 Å². The van der Waals surface area contributed by atoms with Crippen LogP contribution >= 0.6 is 11.5 Å². The summed E-state index contributed by atoms with van der Waals surface area (Å²) < 4.78 is 4.30. The summed E-state index contributed by atoms with van der Waals surface area (Å²) in [7, 11) is 0. The van der Waals surface area contributed by atoms with E-state index in [2.05, 4.69) is 33.8 Å². The van der Waals surface area contributed by atoms with E-state index in [4.69, 9.17) is 0 Å². The van der Waals surface area contributed by atoms with E-state index in [-0.39, 0.29) is 5.91 Å². The van der Waals surface area contributed by atoms with Crippen LogP contribution in [0.4, 0.5) is 5.13 Å². The van der Waals surface area contributed by atoms with Gasteiger partial charge in [0.2, 0.25) is 11.0 Å². The summed E-state index contributed by atoms with van der Waals surface area (Å²) in [5.74, 6) is 2.13. The first-order chi connectivity index (χ1) is 8.65. The van der Waals surface area contributed by atoms with Gasteiger partial charge in [0.05, 0.1) is 0 Å². The Morgan fingerprint density at radius 2 is 2.28 bits per heavy atom. The molecule has 0 aromatic carbocycles. The van der Waals surface area contributed by atoms with Crippen LogP contribution in [-0.2, 0) is 4.79 Å². The Morgan fingerprint density at radius 1 is 1.50 bits per heavy atom. The molecule has 6 heteroatoms. The molecule has 18 heavy (non-hydrogen) atoms.